The van der Waals surface area contributed by atoms with Gasteiger partial charge in [-0.05, 0) is 19.1 Å². The van der Waals surface area contributed by atoms with Crippen LogP contribution in [0.3, 0.4) is 0 Å². The van der Waals surface area contributed by atoms with Gasteiger partial charge >= 0.3 is 5.69 Å². The summed E-state index contributed by atoms with van der Waals surface area (Å²) in [5.41, 5.74) is -0.921. The van der Waals surface area contributed by atoms with Crippen molar-refractivity contribution in [1.29, 1.82) is 0 Å². The molecule has 0 saturated carbocycles. The average Bonchev–Trinajstić information content (AvgIpc) is 3.39. The first kappa shape index (κ1) is 25.1. The van der Waals surface area contributed by atoms with E-state index in [-0.39, 0.29) is 34.8 Å². The van der Waals surface area contributed by atoms with E-state index < -0.39 is 39.4 Å². The molecule has 36 heavy (non-hydrogen) atoms. The second kappa shape index (κ2) is 9.09. The van der Waals surface area contributed by atoms with Crippen molar-refractivity contribution in [2.24, 2.45) is 7.05 Å². The van der Waals surface area contributed by atoms with E-state index in [0.717, 1.165) is 4.57 Å². The first-order valence-electron chi connectivity index (χ1n) is 11.1. The van der Waals surface area contributed by atoms with Crippen LogP contribution in [0.1, 0.15) is 18.4 Å². The maximum Gasteiger partial charge on any atom is 0.335 e. The Bertz CT molecular complexity index is 1460. The molecule has 0 spiro atoms. The number of nitrogens with one attached hydrogen (secondary N) is 2. The summed E-state index contributed by atoms with van der Waals surface area (Å²) < 4.78 is 76.6. The van der Waals surface area contributed by atoms with Crippen molar-refractivity contribution in [2.45, 2.75) is 29.8 Å². The largest absolute Gasteiger partial charge is 0.377 e. The molecule has 5 rings (SSSR count). The predicted molar refractivity (Wildman–Crippen MR) is 126 cm³/mol. The Labute approximate surface area is 207 Å². The SMILES string of the molecule is C[C@@H]1CN(c2cc(S(=O)(=O)NC3(CF)COC3)cc3c2n(C)c(=O)n3-c2nnc(C(F)F)s2)CCN1. The number of hydrogen-bond donors (Lipinski definition) is 2. The lowest BCUT2D eigenvalue weighted by molar-refractivity contribution is -0.0725. The summed E-state index contributed by atoms with van der Waals surface area (Å²) in [7, 11) is -2.74. The summed E-state index contributed by atoms with van der Waals surface area (Å²) in [5.74, 6) is 0. The van der Waals surface area contributed by atoms with Crippen molar-refractivity contribution in [3.63, 3.8) is 0 Å². The fourth-order valence-corrected chi connectivity index (χ4v) is 6.54. The number of halogens is 3. The number of alkyl halides is 3. The van der Waals surface area contributed by atoms with Gasteiger partial charge in [0.2, 0.25) is 15.2 Å². The van der Waals surface area contributed by atoms with Gasteiger partial charge in [-0.2, -0.15) is 4.72 Å². The Morgan fingerprint density at radius 3 is 2.67 bits per heavy atom. The number of hydrogen-bond acceptors (Lipinski definition) is 9. The molecule has 2 aromatic heterocycles. The molecule has 0 radical (unpaired) electrons. The molecule has 1 aromatic carbocycles. The third-order valence-electron chi connectivity index (χ3n) is 6.29. The van der Waals surface area contributed by atoms with Gasteiger partial charge in [0.1, 0.15) is 12.2 Å². The zero-order valence-corrected chi connectivity index (χ0v) is 21.0. The molecule has 11 nitrogen and oxygen atoms in total. The summed E-state index contributed by atoms with van der Waals surface area (Å²) in [6.07, 6.45) is -2.87. The minimum absolute atomic E-state index is 0.0880. The van der Waals surface area contributed by atoms with Gasteiger partial charge in [0.25, 0.3) is 6.43 Å². The highest BCUT2D eigenvalue weighted by Crippen LogP contribution is 2.34. The van der Waals surface area contributed by atoms with Gasteiger partial charge in [0, 0.05) is 32.7 Å². The highest BCUT2D eigenvalue weighted by molar-refractivity contribution is 7.89. The monoisotopic (exact) mass is 547 g/mol. The van der Waals surface area contributed by atoms with E-state index in [2.05, 4.69) is 20.2 Å². The van der Waals surface area contributed by atoms with Crippen molar-refractivity contribution >= 4 is 38.1 Å². The normalized spacial score (nSPS) is 20.3. The van der Waals surface area contributed by atoms with Crippen molar-refractivity contribution in [2.75, 3.05) is 44.4 Å². The standard InChI is InChI=1S/C20H24F3N7O4S2/c1-11-7-29(4-3-24-11)13-5-12(36(32,33)27-20(8-21)9-34-10-20)6-14-15(13)28(2)19(31)30(14)18-26-25-17(35-18)16(22)23/h5-6,11,16,24,27H,3-4,7-10H2,1-2H3/t11-/m1/s1. The molecule has 2 N–H and O–H groups in total. The third-order valence-corrected chi connectivity index (χ3v) is 8.76. The van der Waals surface area contributed by atoms with E-state index in [1.165, 1.54) is 23.7 Å². The molecule has 196 valence electrons. The lowest BCUT2D eigenvalue weighted by Crippen LogP contribution is -2.63. The lowest BCUT2D eigenvalue weighted by Gasteiger charge is -2.39. The summed E-state index contributed by atoms with van der Waals surface area (Å²) in [6.45, 7) is 2.50. The summed E-state index contributed by atoms with van der Waals surface area (Å²) in [4.78, 5) is 15.0. The van der Waals surface area contributed by atoms with E-state index >= 15 is 0 Å². The number of aryl methyl sites for hydroxylation is 1. The highest BCUT2D eigenvalue weighted by atomic mass is 32.2. The number of sulfonamides is 1. The second-order valence-corrected chi connectivity index (χ2v) is 11.7. The molecule has 2 fully saturated rings. The molecule has 0 bridgehead atoms. The number of nitrogens with zero attached hydrogens (tertiary/aromatic N) is 5. The van der Waals surface area contributed by atoms with Gasteiger partial charge in [0.05, 0.1) is 34.8 Å². The third kappa shape index (κ3) is 4.19. The molecule has 2 aliphatic rings. The summed E-state index contributed by atoms with van der Waals surface area (Å²) in [5, 5.41) is 9.85. The van der Waals surface area contributed by atoms with Gasteiger partial charge in [-0.15, -0.1) is 10.2 Å². The molecule has 3 aromatic rings. The van der Waals surface area contributed by atoms with E-state index in [1.54, 1.807) is 0 Å². The van der Waals surface area contributed by atoms with Crippen LogP contribution < -0.4 is 20.6 Å². The van der Waals surface area contributed by atoms with Crippen LogP contribution in [-0.2, 0) is 21.8 Å². The molecule has 2 saturated heterocycles. The summed E-state index contributed by atoms with van der Waals surface area (Å²) >= 11 is 0.541. The first-order valence-corrected chi connectivity index (χ1v) is 13.4. The quantitative estimate of drug-likeness (QED) is 0.448. The van der Waals surface area contributed by atoms with Crippen molar-refractivity contribution in [3.05, 3.63) is 27.6 Å². The minimum atomic E-state index is -4.26. The number of fused-ring (bicyclic) bond motifs is 1. The molecule has 0 amide bonds. The van der Waals surface area contributed by atoms with Gasteiger partial charge < -0.3 is 15.0 Å². The van der Waals surface area contributed by atoms with E-state index in [1.807, 2.05) is 11.8 Å². The Morgan fingerprint density at radius 1 is 1.33 bits per heavy atom. The lowest BCUT2D eigenvalue weighted by atomic mass is 10.0. The van der Waals surface area contributed by atoms with E-state index in [4.69, 9.17) is 4.74 Å². The molecule has 0 aliphatic carbocycles. The van der Waals surface area contributed by atoms with Crippen LogP contribution in [0.2, 0.25) is 0 Å². The predicted octanol–water partition coefficient (Wildman–Crippen LogP) is 0.933. The van der Waals surface area contributed by atoms with Gasteiger partial charge in [0.15, 0.2) is 5.01 Å². The topological polar surface area (TPSA) is 123 Å². The molecular weight excluding hydrogens is 523 g/mol. The highest BCUT2D eigenvalue weighted by Gasteiger charge is 2.43. The van der Waals surface area contributed by atoms with Crippen molar-refractivity contribution < 1.29 is 26.3 Å². The number of ether oxygens (including phenoxy) is 1. The number of piperazine rings is 1. The average molecular weight is 548 g/mol. The van der Waals surface area contributed by atoms with E-state index in [9.17, 15) is 26.4 Å². The second-order valence-electron chi connectivity index (χ2n) is 9.02. The fraction of sp³-hybridized carbons (Fsp3) is 0.550. The number of benzene rings is 1. The van der Waals surface area contributed by atoms with Crippen LogP contribution in [0.25, 0.3) is 16.2 Å². The Morgan fingerprint density at radius 2 is 2.08 bits per heavy atom. The molecule has 0 unspecified atom stereocenters. The molecule has 2 aliphatic heterocycles. The Balaban J connectivity index is 1.74. The Kier molecular flexibility index (Phi) is 6.35. The van der Waals surface area contributed by atoms with Crippen LogP contribution in [0.4, 0.5) is 18.9 Å². The first-order chi connectivity index (χ1) is 17.0. The maximum atomic E-state index is 13.7. The van der Waals surface area contributed by atoms with Crippen LogP contribution >= 0.6 is 11.3 Å². The van der Waals surface area contributed by atoms with Gasteiger partial charge in [-0.1, -0.05) is 11.3 Å². The smallest absolute Gasteiger partial charge is 0.335 e. The van der Waals surface area contributed by atoms with Crippen LogP contribution in [0.5, 0.6) is 0 Å². The zero-order chi connectivity index (χ0) is 25.8. The number of imidazole rings is 1. The zero-order valence-electron chi connectivity index (χ0n) is 19.4. The molecule has 16 heteroatoms. The molecule has 4 heterocycles. The Hall–Kier alpha value is -2.53. The van der Waals surface area contributed by atoms with Crippen LogP contribution in [0, 0.1) is 0 Å². The number of rotatable bonds is 7. The van der Waals surface area contributed by atoms with Gasteiger partial charge in [-0.3, -0.25) is 4.57 Å². The minimum Gasteiger partial charge on any atom is -0.377 e. The van der Waals surface area contributed by atoms with Gasteiger partial charge in [-0.25, -0.2) is 31.0 Å². The molecular formula is C20H24F3N7O4S2. The molecule has 1 atom stereocenters. The van der Waals surface area contributed by atoms with Crippen molar-refractivity contribution in [1.82, 2.24) is 29.4 Å². The number of aromatic nitrogens is 4. The number of anilines is 1. The van der Waals surface area contributed by atoms with Crippen LogP contribution in [-0.4, -0.2) is 78.9 Å². The van der Waals surface area contributed by atoms with Crippen LogP contribution in [0.15, 0.2) is 21.8 Å². The van der Waals surface area contributed by atoms with Crippen molar-refractivity contribution in [3.8, 4) is 5.13 Å². The van der Waals surface area contributed by atoms with E-state index in [0.29, 0.717) is 42.2 Å². The fourth-order valence-electron chi connectivity index (χ4n) is 4.43. The summed E-state index contributed by atoms with van der Waals surface area (Å²) in [6, 6.07) is 2.80. The maximum absolute atomic E-state index is 13.7.